The van der Waals surface area contributed by atoms with E-state index in [1.807, 2.05) is 48.5 Å². The summed E-state index contributed by atoms with van der Waals surface area (Å²) >= 11 is 0. The monoisotopic (exact) mass is 509 g/mol. The molecule has 0 atom stereocenters. The van der Waals surface area contributed by atoms with Crippen LogP contribution in [0.25, 0.3) is 17.2 Å². The van der Waals surface area contributed by atoms with E-state index in [0.29, 0.717) is 24.8 Å². The largest absolute Gasteiger partial charge is 0.419 e. The Morgan fingerprint density at radius 1 is 0.838 bits per heavy atom. The predicted octanol–water partition coefficient (Wildman–Crippen LogP) is 8.20. The molecule has 1 saturated heterocycles. The minimum absolute atomic E-state index is 0.00978. The van der Waals surface area contributed by atoms with E-state index in [-0.39, 0.29) is 12.2 Å². The van der Waals surface area contributed by atoms with Crippen LogP contribution >= 0.6 is 0 Å². The number of likely N-dealkylation sites (tertiary alicyclic amines) is 1. The number of nitrogens with zero attached hydrogens (tertiary/aromatic N) is 1. The van der Waals surface area contributed by atoms with Crippen LogP contribution in [-0.2, 0) is 12.6 Å². The van der Waals surface area contributed by atoms with Crippen molar-refractivity contribution in [1.29, 1.82) is 0 Å². The van der Waals surface area contributed by atoms with E-state index in [1.54, 1.807) is 0 Å². The van der Waals surface area contributed by atoms with Gasteiger partial charge in [-0.3, -0.25) is 9.29 Å². The van der Waals surface area contributed by atoms with Gasteiger partial charge in [-0.1, -0.05) is 66.7 Å². The fourth-order valence-electron chi connectivity index (χ4n) is 5.35. The SMILES string of the molecule is FCCCN1CC(=Cc2ccc(C3=C(c4cccc(C(F)(F)F)c4F)CCCc4ccccc43)cc2)C1. The van der Waals surface area contributed by atoms with Crippen molar-refractivity contribution in [3.05, 3.63) is 112 Å². The van der Waals surface area contributed by atoms with Crippen LogP contribution in [0.15, 0.2) is 72.3 Å². The van der Waals surface area contributed by atoms with Crippen LogP contribution in [0.2, 0.25) is 0 Å². The lowest BCUT2D eigenvalue weighted by Crippen LogP contribution is -2.40. The van der Waals surface area contributed by atoms with E-state index < -0.39 is 17.6 Å². The lowest BCUT2D eigenvalue weighted by molar-refractivity contribution is -0.140. The molecule has 37 heavy (non-hydrogen) atoms. The highest BCUT2D eigenvalue weighted by atomic mass is 19.4. The molecule has 0 bridgehead atoms. The van der Waals surface area contributed by atoms with Gasteiger partial charge in [0.05, 0.1) is 12.2 Å². The minimum atomic E-state index is -4.76. The number of hydrogen-bond donors (Lipinski definition) is 0. The molecule has 3 aromatic carbocycles. The average Bonchev–Trinajstić information content (AvgIpc) is 3.05. The Hall–Kier alpha value is -3.25. The molecule has 6 heteroatoms. The number of allylic oxidation sites excluding steroid dienone is 1. The number of alkyl halides is 4. The molecular formula is C31H28F5N. The van der Waals surface area contributed by atoms with Crippen LogP contribution in [0.3, 0.4) is 0 Å². The molecule has 1 aliphatic carbocycles. The van der Waals surface area contributed by atoms with Crippen LogP contribution in [0.4, 0.5) is 22.0 Å². The molecular weight excluding hydrogens is 481 g/mol. The number of fused-ring (bicyclic) bond motifs is 1. The molecule has 0 spiro atoms. The molecule has 2 aliphatic rings. The van der Waals surface area contributed by atoms with Gasteiger partial charge < -0.3 is 0 Å². The molecule has 0 radical (unpaired) electrons. The van der Waals surface area contributed by atoms with Gasteiger partial charge in [0, 0.05) is 25.2 Å². The van der Waals surface area contributed by atoms with Gasteiger partial charge in [0.25, 0.3) is 0 Å². The smallest absolute Gasteiger partial charge is 0.295 e. The van der Waals surface area contributed by atoms with Gasteiger partial charge in [-0.25, -0.2) is 4.39 Å². The maximum absolute atomic E-state index is 15.3. The van der Waals surface area contributed by atoms with Crippen molar-refractivity contribution >= 4 is 17.2 Å². The summed E-state index contributed by atoms with van der Waals surface area (Å²) in [4.78, 5) is 2.20. The Morgan fingerprint density at radius 2 is 1.57 bits per heavy atom. The van der Waals surface area contributed by atoms with Gasteiger partial charge in [0.2, 0.25) is 0 Å². The quantitative estimate of drug-likeness (QED) is 0.303. The van der Waals surface area contributed by atoms with Crippen molar-refractivity contribution in [3.63, 3.8) is 0 Å². The maximum atomic E-state index is 15.3. The Bertz CT molecular complexity index is 1330. The molecule has 1 nitrogen and oxygen atoms in total. The lowest BCUT2D eigenvalue weighted by Gasteiger charge is -2.33. The zero-order valence-corrected chi connectivity index (χ0v) is 20.4. The van der Waals surface area contributed by atoms with E-state index >= 15 is 4.39 Å². The highest BCUT2D eigenvalue weighted by Crippen LogP contribution is 2.42. The van der Waals surface area contributed by atoms with Crippen LogP contribution in [0.1, 0.15) is 52.6 Å². The van der Waals surface area contributed by atoms with Gasteiger partial charge in [0.15, 0.2) is 0 Å². The van der Waals surface area contributed by atoms with Crippen molar-refractivity contribution in [2.75, 3.05) is 26.3 Å². The minimum Gasteiger partial charge on any atom is -0.295 e. The highest BCUT2D eigenvalue weighted by molar-refractivity contribution is 6.00. The topological polar surface area (TPSA) is 3.24 Å². The molecule has 0 aromatic heterocycles. The molecule has 0 N–H and O–H groups in total. The molecule has 1 fully saturated rings. The molecule has 0 saturated carbocycles. The summed E-state index contributed by atoms with van der Waals surface area (Å²) in [7, 11) is 0. The normalized spacial score (nSPS) is 16.3. The highest BCUT2D eigenvalue weighted by Gasteiger charge is 2.35. The standard InChI is InChI=1S/C31H28F5N/c32-16-5-17-37-19-22(20-37)18-21-12-14-24(15-13-21)29-25-8-2-1-6-23(25)7-3-9-26(29)27-10-4-11-28(30(27)33)31(34,35)36/h1-2,4,6,8,10-15,18H,3,5,7,9,16-17,19-20H2. The van der Waals surface area contributed by atoms with Gasteiger partial charge >= 0.3 is 6.18 Å². The van der Waals surface area contributed by atoms with E-state index in [0.717, 1.165) is 59.9 Å². The third kappa shape index (κ3) is 5.40. The predicted molar refractivity (Wildman–Crippen MR) is 138 cm³/mol. The second-order valence-electron chi connectivity index (χ2n) is 9.71. The molecule has 1 aliphatic heterocycles. The molecule has 3 aromatic rings. The van der Waals surface area contributed by atoms with Crippen LogP contribution < -0.4 is 0 Å². The number of rotatable bonds is 6. The fraction of sp³-hybridized carbons (Fsp3) is 0.290. The Kier molecular flexibility index (Phi) is 7.29. The fourth-order valence-corrected chi connectivity index (χ4v) is 5.35. The van der Waals surface area contributed by atoms with E-state index in [9.17, 15) is 17.6 Å². The van der Waals surface area contributed by atoms with E-state index in [2.05, 4.69) is 11.0 Å². The summed E-state index contributed by atoms with van der Waals surface area (Å²) in [5.74, 6) is -1.22. The second-order valence-corrected chi connectivity index (χ2v) is 9.71. The maximum Gasteiger partial charge on any atom is 0.419 e. The van der Waals surface area contributed by atoms with Crippen molar-refractivity contribution in [3.8, 4) is 0 Å². The number of halogens is 5. The summed E-state index contributed by atoms with van der Waals surface area (Å²) in [5.41, 5.74) is 5.34. The van der Waals surface area contributed by atoms with Crippen molar-refractivity contribution in [2.24, 2.45) is 0 Å². The van der Waals surface area contributed by atoms with Gasteiger partial charge in [-0.2, -0.15) is 13.2 Å². The molecule has 0 amide bonds. The first-order chi connectivity index (χ1) is 17.8. The Morgan fingerprint density at radius 3 is 2.30 bits per heavy atom. The van der Waals surface area contributed by atoms with Gasteiger partial charge in [0.1, 0.15) is 5.82 Å². The summed E-state index contributed by atoms with van der Waals surface area (Å²) in [5, 5.41) is 0. The molecule has 0 unspecified atom stereocenters. The first-order valence-corrected chi connectivity index (χ1v) is 12.6. The third-order valence-corrected chi connectivity index (χ3v) is 7.12. The van der Waals surface area contributed by atoms with Crippen LogP contribution in [-0.4, -0.2) is 31.2 Å². The second kappa shape index (κ2) is 10.6. The third-order valence-electron chi connectivity index (χ3n) is 7.12. The average molecular weight is 510 g/mol. The first kappa shape index (κ1) is 25.4. The zero-order valence-electron chi connectivity index (χ0n) is 20.4. The van der Waals surface area contributed by atoms with Crippen molar-refractivity contribution < 1.29 is 22.0 Å². The molecule has 5 rings (SSSR count). The van der Waals surface area contributed by atoms with E-state index in [1.165, 1.54) is 17.7 Å². The zero-order chi connectivity index (χ0) is 26.0. The van der Waals surface area contributed by atoms with Crippen LogP contribution in [0.5, 0.6) is 0 Å². The molecule has 192 valence electrons. The first-order valence-electron chi connectivity index (χ1n) is 12.6. The van der Waals surface area contributed by atoms with E-state index in [4.69, 9.17) is 0 Å². The summed E-state index contributed by atoms with van der Waals surface area (Å²) in [6.07, 6.45) is -0.127. The van der Waals surface area contributed by atoms with Gasteiger partial charge in [-0.05, 0) is 70.7 Å². The number of hydrogen-bond acceptors (Lipinski definition) is 1. The van der Waals surface area contributed by atoms with Crippen molar-refractivity contribution in [2.45, 2.75) is 31.9 Å². The van der Waals surface area contributed by atoms with Crippen molar-refractivity contribution in [1.82, 2.24) is 4.90 Å². The van der Waals surface area contributed by atoms with Gasteiger partial charge in [-0.15, -0.1) is 0 Å². The van der Waals surface area contributed by atoms with Crippen LogP contribution in [0, 0.1) is 5.82 Å². The molecule has 1 heterocycles. The summed E-state index contributed by atoms with van der Waals surface area (Å²) < 4.78 is 68.3. The number of aryl methyl sites for hydroxylation is 1. The summed E-state index contributed by atoms with van der Waals surface area (Å²) in [6.45, 7) is 2.12. The number of benzene rings is 3. The summed E-state index contributed by atoms with van der Waals surface area (Å²) in [6, 6.07) is 19.3. The lowest BCUT2D eigenvalue weighted by atomic mass is 9.86. The Labute approximate surface area is 213 Å². The Balaban J connectivity index is 1.56.